The summed E-state index contributed by atoms with van der Waals surface area (Å²) in [5.41, 5.74) is 1.20. The first kappa shape index (κ1) is 15.7. The predicted molar refractivity (Wildman–Crippen MR) is 89.8 cm³/mol. The van der Waals surface area contributed by atoms with E-state index >= 15 is 0 Å². The Morgan fingerprint density at radius 1 is 1.38 bits per heavy atom. The number of aliphatic hydroxyl groups excluding tert-OH is 1. The minimum atomic E-state index is -0.305. The summed E-state index contributed by atoms with van der Waals surface area (Å²) < 4.78 is 11.3. The average molecular weight is 329 g/mol. The summed E-state index contributed by atoms with van der Waals surface area (Å²) in [4.78, 5) is 14.7. The summed E-state index contributed by atoms with van der Waals surface area (Å²) in [6.45, 7) is 3.96. The van der Waals surface area contributed by atoms with Gasteiger partial charge >= 0.3 is 0 Å². The monoisotopic (exact) mass is 329 g/mol. The van der Waals surface area contributed by atoms with Crippen LogP contribution < -0.4 is 0 Å². The number of fused-ring (bicyclic) bond motifs is 1. The molecule has 1 N–H and O–H groups in total. The number of carbonyl (C=O) groups excluding carboxylic acids is 1. The number of furan rings is 1. The predicted octanol–water partition coefficient (Wildman–Crippen LogP) is 2.82. The summed E-state index contributed by atoms with van der Waals surface area (Å²) in [6.07, 6.45) is 3.68. The number of hydrogen-bond donors (Lipinski definition) is 1. The van der Waals surface area contributed by atoms with Gasteiger partial charge in [0, 0.05) is 36.9 Å². The van der Waals surface area contributed by atoms with Crippen LogP contribution in [-0.4, -0.2) is 47.8 Å². The largest absolute Gasteiger partial charge is 0.463 e. The van der Waals surface area contributed by atoms with E-state index in [0.29, 0.717) is 31.7 Å². The van der Waals surface area contributed by atoms with E-state index in [2.05, 4.69) is 0 Å². The Labute approximate surface area is 141 Å². The second-order valence-electron chi connectivity index (χ2n) is 6.87. The third kappa shape index (κ3) is 2.26. The minimum Gasteiger partial charge on any atom is -0.463 e. The van der Waals surface area contributed by atoms with Gasteiger partial charge in [-0.05, 0) is 25.8 Å². The molecule has 4 rings (SSSR count). The molecule has 2 atom stereocenters. The lowest BCUT2D eigenvalue weighted by Gasteiger charge is -2.56. The fourth-order valence-electron chi connectivity index (χ4n) is 4.26. The van der Waals surface area contributed by atoms with Gasteiger partial charge < -0.3 is 19.2 Å². The first-order chi connectivity index (χ1) is 11.7. The molecule has 0 bridgehead atoms. The first-order valence-corrected chi connectivity index (χ1v) is 8.71. The molecule has 2 aromatic rings. The highest BCUT2D eigenvalue weighted by Gasteiger charge is 2.56. The van der Waals surface area contributed by atoms with Crippen molar-refractivity contribution in [1.29, 1.82) is 0 Å². The molecule has 5 heteroatoms. The number of amides is 1. The maximum Gasteiger partial charge on any atom is 0.257 e. The fourth-order valence-corrected chi connectivity index (χ4v) is 4.26. The van der Waals surface area contributed by atoms with Crippen molar-refractivity contribution in [2.75, 3.05) is 19.7 Å². The van der Waals surface area contributed by atoms with Gasteiger partial charge in [0.05, 0.1) is 17.8 Å². The molecule has 1 aliphatic carbocycles. The van der Waals surface area contributed by atoms with Crippen LogP contribution in [0.25, 0.3) is 11.0 Å². The van der Waals surface area contributed by atoms with Crippen LogP contribution in [0.1, 0.15) is 36.5 Å². The van der Waals surface area contributed by atoms with Gasteiger partial charge in [0.15, 0.2) is 0 Å². The van der Waals surface area contributed by atoms with Crippen molar-refractivity contribution in [3.63, 3.8) is 0 Å². The summed E-state index contributed by atoms with van der Waals surface area (Å²) in [5, 5.41) is 11.1. The topological polar surface area (TPSA) is 62.9 Å². The lowest BCUT2D eigenvalue weighted by Crippen LogP contribution is -2.62. The second-order valence-corrected chi connectivity index (χ2v) is 6.87. The lowest BCUT2D eigenvalue weighted by molar-refractivity contribution is -0.207. The van der Waals surface area contributed by atoms with Crippen LogP contribution in [0.15, 0.2) is 34.9 Å². The second kappa shape index (κ2) is 5.90. The normalized spacial score (nSPS) is 25.8. The summed E-state index contributed by atoms with van der Waals surface area (Å²) in [5.74, 6) is 0.0107. The average Bonchev–Trinajstić information content (AvgIpc) is 3.05. The Kier molecular flexibility index (Phi) is 3.85. The molecule has 2 fully saturated rings. The number of benzene rings is 1. The molecule has 1 saturated heterocycles. The van der Waals surface area contributed by atoms with Crippen LogP contribution in [0.5, 0.6) is 0 Å². The van der Waals surface area contributed by atoms with Crippen molar-refractivity contribution in [2.24, 2.45) is 5.41 Å². The molecule has 1 saturated carbocycles. The van der Waals surface area contributed by atoms with Gasteiger partial charge in [-0.2, -0.15) is 0 Å². The molecule has 1 amide bonds. The lowest BCUT2D eigenvalue weighted by atomic mass is 9.58. The van der Waals surface area contributed by atoms with Crippen molar-refractivity contribution >= 4 is 16.9 Å². The van der Waals surface area contributed by atoms with Crippen LogP contribution in [0.2, 0.25) is 0 Å². The molecule has 0 radical (unpaired) electrons. The van der Waals surface area contributed by atoms with Gasteiger partial charge in [-0.1, -0.05) is 18.2 Å². The molecular formula is C19H23NO4. The van der Waals surface area contributed by atoms with E-state index < -0.39 is 0 Å². The van der Waals surface area contributed by atoms with Crippen LogP contribution in [0, 0.1) is 5.41 Å². The van der Waals surface area contributed by atoms with Gasteiger partial charge in [0.25, 0.3) is 5.91 Å². The van der Waals surface area contributed by atoms with Gasteiger partial charge in [-0.25, -0.2) is 0 Å². The Bertz CT molecular complexity index is 743. The number of likely N-dealkylation sites (tertiary alicyclic amines) is 1. The number of para-hydroxylation sites is 1. The zero-order valence-electron chi connectivity index (χ0n) is 13.9. The van der Waals surface area contributed by atoms with Gasteiger partial charge in [-0.15, -0.1) is 0 Å². The number of aliphatic hydroxyl groups is 1. The molecule has 1 aromatic heterocycles. The zero-order valence-corrected chi connectivity index (χ0v) is 13.9. The van der Waals surface area contributed by atoms with Crippen molar-refractivity contribution < 1.29 is 19.1 Å². The maximum atomic E-state index is 12.9. The van der Waals surface area contributed by atoms with E-state index in [4.69, 9.17) is 9.15 Å². The quantitative estimate of drug-likeness (QED) is 0.940. The van der Waals surface area contributed by atoms with Crippen molar-refractivity contribution in [2.45, 2.75) is 38.4 Å². The smallest absolute Gasteiger partial charge is 0.257 e. The first-order valence-electron chi connectivity index (χ1n) is 8.71. The van der Waals surface area contributed by atoms with E-state index in [-0.39, 0.29) is 23.5 Å². The number of carbonyl (C=O) groups is 1. The molecule has 1 spiro atoms. The Morgan fingerprint density at radius 3 is 2.83 bits per heavy atom. The summed E-state index contributed by atoms with van der Waals surface area (Å²) in [6, 6.07) is 7.60. The molecule has 128 valence electrons. The summed E-state index contributed by atoms with van der Waals surface area (Å²) >= 11 is 0. The maximum absolute atomic E-state index is 12.9. The Balaban J connectivity index is 1.49. The third-order valence-electron chi connectivity index (χ3n) is 5.80. The Hall–Kier alpha value is -1.85. The molecule has 1 aromatic carbocycles. The van der Waals surface area contributed by atoms with Crippen LogP contribution in [0.3, 0.4) is 0 Å². The van der Waals surface area contributed by atoms with E-state index in [0.717, 1.165) is 23.8 Å². The molecule has 1 aliphatic heterocycles. The third-order valence-corrected chi connectivity index (χ3v) is 5.80. The number of piperidine rings is 1. The zero-order chi connectivity index (χ0) is 16.7. The van der Waals surface area contributed by atoms with E-state index in [1.807, 2.05) is 36.1 Å². The van der Waals surface area contributed by atoms with Crippen molar-refractivity contribution in [3.8, 4) is 0 Å². The van der Waals surface area contributed by atoms with E-state index in [1.165, 1.54) is 0 Å². The number of rotatable bonds is 3. The van der Waals surface area contributed by atoms with Crippen molar-refractivity contribution in [3.05, 3.63) is 36.1 Å². The molecule has 2 heterocycles. The highest BCUT2D eigenvalue weighted by atomic mass is 16.5. The fraction of sp³-hybridized carbons (Fsp3) is 0.526. The minimum absolute atomic E-state index is 0.0107. The standard InChI is InChI=1S/C19H23NO4/c1-2-23-17-11-16(21)19(17)7-9-20(10-8-19)18(22)14-12-24-15-6-4-3-5-13(14)15/h3-6,12,16-17,21H,2,7-11H2,1H3/t16-,17+/m1/s1. The molecular weight excluding hydrogens is 306 g/mol. The van der Waals surface area contributed by atoms with Gasteiger partial charge in [0.2, 0.25) is 0 Å². The van der Waals surface area contributed by atoms with E-state index in [1.54, 1.807) is 6.26 Å². The molecule has 5 nitrogen and oxygen atoms in total. The Morgan fingerprint density at radius 2 is 2.12 bits per heavy atom. The number of hydrogen-bond acceptors (Lipinski definition) is 4. The van der Waals surface area contributed by atoms with Gasteiger partial charge in [-0.3, -0.25) is 4.79 Å². The number of nitrogens with zero attached hydrogens (tertiary/aromatic N) is 1. The SMILES string of the molecule is CCO[C@H]1C[C@@H](O)C12CCN(C(=O)c1coc3ccccc13)CC2. The van der Waals surface area contributed by atoms with Gasteiger partial charge in [0.1, 0.15) is 11.8 Å². The summed E-state index contributed by atoms with van der Waals surface area (Å²) in [7, 11) is 0. The van der Waals surface area contributed by atoms with E-state index in [9.17, 15) is 9.90 Å². The molecule has 0 unspecified atom stereocenters. The molecule has 24 heavy (non-hydrogen) atoms. The van der Waals surface area contributed by atoms with Crippen LogP contribution >= 0.6 is 0 Å². The van der Waals surface area contributed by atoms with Crippen LogP contribution in [-0.2, 0) is 4.74 Å². The molecule has 2 aliphatic rings. The highest BCUT2D eigenvalue weighted by Crippen LogP contribution is 2.51. The van der Waals surface area contributed by atoms with Crippen molar-refractivity contribution in [1.82, 2.24) is 4.90 Å². The highest BCUT2D eigenvalue weighted by molar-refractivity contribution is 6.05. The number of ether oxygens (including phenoxy) is 1. The van der Waals surface area contributed by atoms with Crippen LogP contribution in [0.4, 0.5) is 0 Å².